The number of ether oxygens (including phenoxy) is 12. The van der Waals surface area contributed by atoms with Gasteiger partial charge in [0, 0.05) is 20.8 Å². The highest BCUT2D eigenvalue weighted by Crippen LogP contribution is 2.45. The van der Waals surface area contributed by atoms with Gasteiger partial charge in [-0.3, -0.25) is 14.4 Å². The van der Waals surface area contributed by atoms with Gasteiger partial charge in [0.25, 0.3) is 5.79 Å². The van der Waals surface area contributed by atoms with Gasteiger partial charge in [0.1, 0.15) is 43.2 Å². The predicted molar refractivity (Wildman–Crippen MR) is 148 cm³/mol. The first-order valence-electron chi connectivity index (χ1n) is 15.1. The lowest BCUT2D eigenvalue weighted by Crippen LogP contribution is -2.67. The van der Waals surface area contributed by atoms with E-state index in [4.69, 9.17) is 56.8 Å². The Morgan fingerprint density at radius 1 is 0.872 bits per heavy atom. The molecule has 0 aromatic carbocycles. The molecule has 0 aromatic heterocycles. The summed E-state index contributed by atoms with van der Waals surface area (Å²) in [7, 11) is 1.10. The Morgan fingerprint density at radius 2 is 1.51 bits per heavy atom. The number of fused-ring (bicyclic) bond motifs is 4. The molecule has 264 valence electrons. The van der Waals surface area contributed by atoms with Crippen molar-refractivity contribution in [3.05, 3.63) is 0 Å². The highest BCUT2D eigenvalue weighted by atomic mass is 16.9. The molecule has 0 aliphatic carbocycles. The van der Waals surface area contributed by atoms with Crippen molar-refractivity contribution >= 4 is 30.0 Å². The highest BCUT2D eigenvalue weighted by Gasteiger charge is 2.64. The smallest absolute Gasteiger partial charge is 0.407 e. The number of hydrogen-bond donors (Lipinski definition) is 1. The molecule has 47 heavy (non-hydrogen) atoms. The molecule has 0 aromatic rings. The van der Waals surface area contributed by atoms with Crippen molar-refractivity contribution in [2.45, 2.75) is 133 Å². The van der Waals surface area contributed by atoms with Crippen LogP contribution in [0.2, 0.25) is 0 Å². The van der Waals surface area contributed by atoms with Crippen LogP contribution in [0.25, 0.3) is 0 Å². The third-order valence-electron chi connectivity index (χ3n) is 8.08. The second-order valence-corrected chi connectivity index (χ2v) is 12.7. The maximum atomic E-state index is 13.5. The molecule has 0 unspecified atom stereocenters. The van der Waals surface area contributed by atoms with Crippen LogP contribution < -0.4 is 5.32 Å². The summed E-state index contributed by atoms with van der Waals surface area (Å²) in [4.78, 5) is 62.1. The Labute approximate surface area is 270 Å². The van der Waals surface area contributed by atoms with Crippen molar-refractivity contribution in [2.24, 2.45) is 0 Å². The lowest BCUT2D eigenvalue weighted by atomic mass is 9.89. The van der Waals surface area contributed by atoms with E-state index in [1.807, 2.05) is 0 Å². The summed E-state index contributed by atoms with van der Waals surface area (Å²) >= 11 is 0. The summed E-state index contributed by atoms with van der Waals surface area (Å²) in [6.45, 7) is 9.33. The molecule has 18 nitrogen and oxygen atoms in total. The van der Waals surface area contributed by atoms with Crippen LogP contribution in [0.4, 0.5) is 4.79 Å². The van der Waals surface area contributed by atoms with Gasteiger partial charge < -0.3 is 62.2 Å². The summed E-state index contributed by atoms with van der Waals surface area (Å²) < 4.78 is 69.5. The monoisotopic (exact) mass is 675 g/mol. The second kappa shape index (κ2) is 13.1. The molecule has 1 N–H and O–H groups in total. The molecule has 5 aliphatic rings. The number of carbonyl (C=O) groups excluding carboxylic acids is 5. The summed E-state index contributed by atoms with van der Waals surface area (Å²) in [5.74, 6) is -7.67. The van der Waals surface area contributed by atoms with Crippen LogP contribution in [0.3, 0.4) is 0 Å². The molecule has 0 radical (unpaired) electrons. The zero-order valence-electron chi connectivity index (χ0n) is 27.3. The molecule has 0 spiro atoms. The molecule has 11 atom stereocenters. The van der Waals surface area contributed by atoms with Gasteiger partial charge in [-0.2, -0.15) is 0 Å². The molecule has 5 saturated heterocycles. The fourth-order valence-electron chi connectivity index (χ4n) is 6.45. The lowest BCUT2D eigenvalue weighted by molar-refractivity contribution is -0.323. The first-order valence-corrected chi connectivity index (χ1v) is 15.1. The van der Waals surface area contributed by atoms with Crippen molar-refractivity contribution in [1.29, 1.82) is 0 Å². The third kappa shape index (κ3) is 7.48. The lowest BCUT2D eigenvalue weighted by Gasteiger charge is -2.46. The normalized spacial score (nSPS) is 37.6. The van der Waals surface area contributed by atoms with Gasteiger partial charge in [-0.15, -0.1) is 0 Å². The van der Waals surface area contributed by atoms with E-state index in [9.17, 15) is 24.0 Å². The zero-order valence-corrected chi connectivity index (χ0v) is 27.3. The van der Waals surface area contributed by atoms with Crippen molar-refractivity contribution in [1.82, 2.24) is 5.32 Å². The SMILES string of the molecule is COC(=O)[C@@]1(OC[C@H]2O[C@@H]3OC(C)(C)O[C@@H]3[C@H]3OC(C)(C)O[C@H]32)C[C@@H]2OC(=O)N[C@H]2[C@H]([C@@H](OC(C)=O)[C@@H](COC(C)=O)OC(C)=O)O1. The number of amides is 1. The number of methoxy groups -OCH3 is 1. The Morgan fingerprint density at radius 3 is 2.15 bits per heavy atom. The van der Waals surface area contributed by atoms with E-state index >= 15 is 0 Å². The largest absolute Gasteiger partial charge is 0.465 e. The van der Waals surface area contributed by atoms with Crippen LogP contribution >= 0.6 is 0 Å². The average Bonchev–Trinajstić information content (AvgIpc) is 3.60. The third-order valence-corrected chi connectivity index (χ3v) is 8.08. The molecule has 5 heterocycles. The van der Waals surface area contributed by atoms with Crippen LogP contribution in [0, 0.1) is 0 Å². The van der Waals surface area contributed by atoms with Gasteiger partial charge in [0.2, 0.25) is 0 Å². The van der Waals surface area contributed by atoms with Crippen LogP contribution in [-0.4, -0.2) is 129 Å². The molecule has 1 amide bonds. The predicted octanol–water partition coefficient (Wildman–Crippen LogP) is -0.0388. The standard InChI is InChI=1S/C29H41NO17/c1-12(31)37-10-16(39-13(2)32)19(40-14(3)33)21-18-15(42-26(35)30-18)9-29(46-21,25(34)36-8)38-11-17-20-22(44-27(4,5)43-20)23-24(41-17)47-28(6,7)45-23/h15-24H,9-11H2,1-8H3,(H,30,35)/t15-,16+,17+,18+,19-,20-,21+,22-,23+,24+,29+/m0/s1. The van der Waals surface area contributed by atoms with Crippen molar-refractivity contribution in [3.8, 4) is 0 Å². The average molecular weight is 676 g/mol. The topological polar surface area (TPSA) is 208 Å². The first kappa shape index (κ1) is 35.2. The van der Waals surface area contributed by atoms with E-state index in [0.717, 1.165) is 27.9 Å². The van der Waals surface area contributed by atoms with Gasteiger partial charge in [-0.1, -0.05) is 0 Å². The minimum Gasteiger partial charge on any atom is -0.465 e. The molecule has 18 heteroatoms. The fraction of sp³-hybridized carbons (Fsp3) is 0.828. The van der Waals surface area contributed by atoms with E-state index in [-0.39, 0.29) is 13.0 Å². The summed E-state index contributed by atoms with van der Waals surface area (Å²) in [5.41, 5.74) is 0. The van der Waals surface area contributed by atoms with Gasteiger partial charge in [-0.25, -0.2) is 9.59 Å². The number of esters is 4. The molecular formula is C29H41NO17. The van der Waals surface area contributed by atoms with Gasteiger partial charge >= 0.3 is 30.0 Å². The van der Waals surface area contributed by atoms with E-state index in [1.165, 1.54) is 0 Å². The maximum absolute atomic E-state index is 13.5. The molecule has 0 bridgehead atoms. The summed E-state index contributed by atoms with van der Waals surface area (Å²) in [6.07, 6.45) is -10.5. The Kier molecular flexibility index (Phi) is 9.77. The molecular weight excluding hydrogens is 634 g/mol. The van der Waals surface area contributed by atoms with E-state index in [2.05, 4.69) is 5.32 Å². The fourth-order valence-corrected chi connectivity index (χ4v) is 6.45. The summed E-state index contributed by atoms with van der Waals surface area (Å²) in [6, 6.07) is -1.04. The molecule has 5 aliphatic heterocycles. The Hall–Kier alpha value is -3.13. The maximum Gasteiger partial charge on any atom is 0.407 e. The number of hydrogen-bond acceptors (Lipinski definition) is 17. The van der Waals surface area contributed by atoms with Gasteiger partial charge in [0.05, 0.1) is 26.2 Å². The Bertz CT molecular complexity index is 1250. The number of carbonyl (C=O) groups is 5. The molecule has 0 saturated carbocycles. The number of rotatable bonds is 10. The first-order chi connectivity index (χ1) is 21.9. The minimum absolute atomic E-state index is 0.354. The van der Waals surface area contributed by atoms with Crippen molar-refractivity contribution in [3.63, 3.8) is 0 Å². The van der Waals surface area contributed by atoms with Crippen molar-refractivity contribution < 1.29 is 80.8 Å². The number of nitrogens with one attached hydrogen (secondary N) is 1. The van der Waals surface area contributed by atoms with Crippen LogP contribution in [0.5, 0.6) is 0 Å². The van der Waals surface area contributed by atoms with E-state index < -0.39 is 115 Å². The quantitative estimate of drug-likeness (QED) is 0.238. The second-order valence-electron chi connectivity index (χ2n) is 12.7. The van der Waals surface area contributed by atoms with Crippen LogP contribution in [0.1, 0.15) is 54.9 Å². The summed E-state index contributed by atoms with van der Waals surface area (Å²) in [5, 5.41) is 2.58. The van der Waals surface area contributed by atoms with E-state index in [1.54, 1.807) is 27.7 Å². The molecule has 5 fully saturated rings. The number of alkyl carbamates (subject to hydrolysis) is 1. The molecule has 5 rings (SSSR count). The van der Waals surface area contributed by atoms with Gasteiger partial charge in [-0.05, 0) is 27.7 Å². The van der Waals surface area contributed by atoms with Crippen LogP contribution in [0.15, 0.2) is 0 Å². The zero-order chi connectivity index (χ0) is 34.5. The highest BCUT2D eigenvalue weighted by molar-refractivity contribution is 5.79. The van der Waals surface area contributed by atoms with Crippen molar-refractivity contribution in [2.75, 3.05) is 20.3 Å². The minimum atomic E-state index is -2.29. The van der Waals surface area contributed by atoms with Gasteiger partial charge in [0.15, 0.2) is 30.1 Å². The Balaban J connectivity index is 1.47. The van der Waals surface area contributed by atoms with Crippen LogP contribution in [-0.2, 0) is 76.0 Å². The van der Waals surface area contributed by atoms with E-state index in [0.29, 0.717) is 0 Å².